The Hall–Kier alpha value is -1.66. The minimum atomic E-state index is -0.430. The van der Waals surface area contributed by atoms with Gasteiger partial charge in [-0.05, 0) is 30.4 Å². The summed E-state index contributed by atoms with van der Waals surface area (Å²) in [7, 11) is 1.81. The first-order valence-corrected chi connectivity index (χ1v) is 6.28. The third kappa shape index (κ3) is 3.02. The van der Waals surface area contributed by atoms with E-state index in [1.807, 2.05) is 11.9 Å². The summed E-state index contributed by atoms with van der Waals surface area (Å²) in [6.45, 7) is 0.482. The molecule has 1 aliphatic rings. The van der Waals surface area contributed by atoms with E-state index in [1.165, 1.54) is 6.07 Å². The quantitative estimate of drug-likeness (QED) is 0.619. The van der Waals surface area contributed by atoms with Gasteiger partial charge in [-0.1, -0.05) is 6.07 Å². The lowest BCUT2D eigenvalue weighted by Gasteiger charge is -2.35. The number of nitro benzene ring substituents is 1. The smallest absolute Gasteiger partial charge is 0.292 e. The number of benzene rings is 1. The minimum absolute atomic E-state index is 0.00826. The molecular formula is C13H18N2O4. The molecule has 1 aromatic carbocycles. The first kappa shape index (κ1) is 13.8. The van der Waals surface area contributed by atoms with Crippen LogP contribution >= 0.6 is 0 Å². The van der Waals surface area contributed by atoms with Gasteiger partial charge in [0.2, 0.25) is 0 Å². The number of rotatable bonds is 5. The Labute approximate surface area is 111 Å². The molecule has 0 aromatic heterocycles. The van der Waals surface area contributed by atoms with Crippen molar-refractivity contribution in [3.05, 3.63) is 33.9 Å². The topological polar surface area (TPSA) is 86.8 Å². The van der Waals surface area contributed by atoms with E-state index in [-0.39, 0.29) is 18.4 Å². The van der Waals surface area contributed by atoms with Crippen LogP contribution < -0.4 is 4.90 Å². The molecular weight excluding hydrogens is 248 g/mol. The van der Waals surface area contributed by atoms with Gasteiger partial charge in [0.1, 0.15) is 5.69 Å². The van der Waals surface area contributed by atoms with E-state index in [1.54, 1.807) is 12.1 Å². The van der Waals surface area contributed by atoms with Crippen LogP contribution in [0, 0.1) is 16.0 Å². The lowest BCUT2D eigenvalue weighted by molar-refractivity contribution is -0.384. The van der Waals surface area contributed by atoms with E-state index < -0.39 is 4.92 Å². The summed E-state index contributed by atoms with van der Waals surface area (Å²) in [5.41, 5.74) is 1.08. The molecule has 0 radical (unpaired) electrons. The standard InChI is InChI=1S/C13H18N2O4/c1-14(7-10-4-11(17)5-10)12-3-2-9(8-16)6-13(12)15(18)19/h2-3,6,10-11,16-17H,4-5,7-8H2,1H3. The van der Waals surface area contributed by atoms with Crippen molar-refractivity contribution in [2.24, 2.45) is 5.92 Å². The molecule has 2 rings (SSSR count). The van der Waals surface area contributed by atoms with Crippen molar-refractivity contribution >= 4 is 11.4 Å². The number of aliphatic hydroxyl groups is 2. The highest BCUT2D eigenvalue weighted by atomic mass is 16.6. The lowest BCUT2D eigenvalue weighted by Crippen LogP contribution is -2.37. The molecule has 1 aliphatic carbocycles. The molecule has 0 spiro atoms. The Kier molecular flexibility index (Phi) is 4.01. The monoisotopic (exact) mass is 266 g/mol. The van der Waals surface area contributed by atoms with Crippen LogP contribution in [0.1, 0.15) is 18.4 Å². The predicted molar refractivity (Wildman–Crippen MR) is 71.0 cm³/mol. The number of hydrogen-bond donors (Lipinski definition) is 2. The number of anilines is 1. The second-order valence-electron chi connectivity index (χ2n) is 5.11. The number of nitrogens with zero attached hydrogens (tertiary/aromatic N) is 2. The van der Waals surface area contributed by atoms with Crippen molar-refractivity contribution in [2.75, 3.05) is 18.5 Å². The summed E-state index contributed by atoms with van der Waals surface area (Å²) in [5.74, 6) is 0.386. The predicted octanol–water partition coefficient (Wildman–Crippen LogP) is 1.29. The summed E-state index contributed by atoms with van der Waals surface area (Å²) in [5, 5.41) is 29.4. The van der Waals surface area contributed by atoms with Gasteiger partial charge in [-0.3, -0.25) is 10.1 Å². The molecule has 1 aromatic rings. The summed E-state index contributed by atoms with van der Waals surface area (Å²) in [6, 6.07) is 4.76. The lowest BCUT2D eigenvalue weighted by atomic mass is 9.82. The highest BCUT2D eigenvalue weighted by Gasteiger charge is 2.29. The van der Waals surface area contributed by atoms with Crippen LogP contribution in [0.4, 0.5) is 11.4 Å². The van der Waals surface area contributed by atoms with Crippen LogP contribution in [0.2, 0.25) is 0 Å². The van der Waals surface area contributed by atoms with Gasteiger partial charge < -0.3 is 15.1 Å². The van der Waals surface area contributed by atoms with Gasteiger partial charge in [-0.2, -0.15) is 0 Å². The third-order valence-corrected chi connectivity index (χ3v) is 3.57. The Morgan fingerprint density at radius 1 is 1.47 bits per heavy atom. The average Bonchev–Trinajstić information content (AvgIpc) is 2.36. The molecule has 6 heteroatoms. The van der Waals surface area contributed by atoms with Gasteiger partial charge in [0.25, 0.3) is 5.69 Å². The van der Waals surface area contributed by atoms with Crippen LogP contribution in [0.15, 0.2) is 18.2 Å². The van der Waals surface area contributed by atoms with Gasteiger partial charge in [0.05, 0.1) is 17.6 Å². The van der Waals surface area contributed by atoms with Gasteiger partial charge in [0, 0.05) is 19.7 Å². The summed E-state index contributed by atoms with van der Waals surface area (Å²) in [6.07, 6.45) is 1.30. The molecule has 0 bridgehead atoms. The van der Waals surface area contributed by atoms with Crippen molar-refractivity contribution in [2.45, 2.75) is 25.6 Å². The Bertz CT molecular complexity index is 472. The molecule has 0 unspecified atom stereocenters. The largest absolute Gasteiger partial charge is 0.393 e. The fourth-order valence-electron chi connectivity index (χ4n) is 2.47. The first-order chi connectivity index (χ1) is 9.01. The Morgan fingerprint density at radius 3 is 2.68 bits per heavy atom. The number of hydrogen-bond acceptors (Lipinski definition) is 5. The van der Waals surface area contributed by atoms with Crippen LogP contribution in [-0.4, -0.2) is 34.8 Å². The van der Waals surface area contributed by atoms with Gasteiger partial charge in [0.15, 0.2) is 0 Å². The second kappa shape index (κ2) is 5.54. The zero-order valence-electron chi connectivity index (χ0n) is 10.8. The summed E-state index contributed by atoms with van der Waals surface area (Å²) in [4.78, 5) is 12.5. The molecule has 0 heterocycles. The van der Waals surface area contributed by atoms with E-state index in [2.05, 4.69) is 0 Å². The maximum Gasteiger partial charge on any atom is 0.292 e. The van der Waals surface area contributed by atoms with Crippen LogP contribution in [-0.2, 0) is 6.61 Å². The highest BCUT2D eigenvalue weighted by molar-refractivity contribution is 5.64. The summed E-state index contributed by atoms with van der Waals surface area (Å²) < 4.78 is 0. The fraction of sp³-hybridized carbons (Fsp3) is 0.538. The second-order valence-corrected chi connectivity index (χ2v) is 5.11. The maximum atomic E-state index is 11.1. The Morgan fingerprint density at radius 2 is 2.16 bits per heavy atom. The molecule has 6 nitrogen and oxygen atoms in total. The zero-order valence-corrected chi connectivity index (χ0v) is 10.8. The normalized spacial score (nSPS) is 21.8. The molecule has 0 saturated heterocycles. The molecule has 0 amide bonds. The van der Waals surface area contributed by atoms with Crippen molar-refractivity contribution in [1.82, 2.24) is 0 Å². The molecule has 0 atom stereocenters. The summed E-state index contributed by atoms with van der Waals surface area (Å²) >= 11 is 0. The van der Waals surface area contributed by atoms with Gasteiger partial charge in [-0.25, -0.2) is 0 Å². The van der Waals surface area contributed by atoms with E-state index >= 15 is 0 Å². The zero-order chi connectivity index (χ0) is 14.0. The highest BCUT2D eigenvalue weighted by Crippen LogP contribution is 2.33. The number of nitro groups is 1. The van der Waals surface area contributed by atoms with Crippen LogP contribution in [0.25, 0.3) is 0 Å². The van der Waals surface area contributed by atoms with E-state index in [4.69, 9.17) is 5.11 Å². The third-order valence-electron chi connectivity index (χ3n) is 3.57. The van der Waals surface area contributed by atoms with Crippen molar-refractivity contribution in [3.8, 4) is 0 Å². The molecule has 104 valence electrons. The molecule has 1 fully saturated rings. The van der Waals surface area contributed by atoms with E-state index in [0.717, 1.165) is 12.8 Å². The van der Waals surface area contributed by atoms with Crippen molar-refractivity contribution in [1.29, 1.82) is 0 Å². The number of aliphatic hydroxyl groups excluding tert-OH is 2. The SMILES string of the molecule is CN(CC1CC(O)C1)c1ccc(CO)cc1[N+](=O)[O-]. The first-order valence-electron chi connectivity index (χ1n) is 6.28. The van der Waals surface area contributed by atoms with E-state index in [9.17, 15) is 15.2 Å². The minimum Gasteiger partial charge on any atom is -0.393 e. The molecule has 2 N–H and O–H groups in total. The van der Waals surface area contributed by atoms with Crippen LogP contribution in [0.5, 0.6) is 0 Å². The van der Waals surface area contributed by atoms with Crippen LogP contribution in [0.3, 0.4) is 0 Å². The van der Waals surface area contributed by atoms with Crippen molar-refractivity contribution in [3.63, 3.8) is 0 Å². The fourth-order valence-corrected chi connectivity index (χ4v) is 2.47. The Balaban J connectivity index is 2.15. The molecule has 0 aliphatic heterocycles. The average molecular weight is 266 g/mol. The van der Waals surface area contributed by atoms with E-state index in [0.29, 0.717) is 23.7 Å². The van der Waals surface area contributed by atoms with Gasteiger partial charge >= 0.3 is 0 Å². The van der Waals surface area contributed by atoms with Gasteiger partial charge in [-0.15, -0.1) is 0 Å². The molecule has 1 saturated carbocycles. The van der Waals surface area contributed by atoms with Crippen molar-refractivity contribution < 1.29 is 15.1 Å². The maximum absolute atomic E-state index is 11.1. The molecule has 19 heavy (non-hydrogen) atoms.